The maximum absolute atomic E-state index is 11.4. The first-order valence-electron chi connectivity index (χ1n) is 5.90. The Hall–Kier alpha value is -1.63. The highest BCUT2D eigenvalue weighted by atomic mass is 16.4. The summed E-state index contributed by atoms with van der Waals surface area (Å²) in [6.07, 6.45) is 0.256. The molecule has 0 aromatic rings. The number of likely N-dealkylation sites (N-methyl/N-ethyl adjacent to an activating group) is 1. The summed E-state index contributed by atoms with van der Waals surface area (Å²) in [6.45, 7) is 2.96. The minimum atomic E-state index is -1.12. The van der Waals surface area contributed by atoms with Crippen molar-refractivity contribution in [1.82, 2.24) is 10.2 Å². The minimum absolute atomic E-state index is 0.101. The van der Waals surface area contributed by atoms with Gasteiger partial charge in [0.25, 0.3) is 0 Å². The highest BCUT2D eigenvalue weighted by molar-refractivity contribution is 5.81. The Bertz CT molecular complexity index is 344. The van der Waals surface area contributed by atoms with E-state index in [1.54, 1.807) is 11.8 Å². The van der Waals surface area contributed by atoms with E-state index in [9.17, 15) is 14.4 Å². The molecule has 1 saturated heterocycles. The minimum Gasteiger partial charge on any atom is -0.481 e. The summed E-state index contributed by atoms with van der Waals surface area (Å²) >= 11 is 0. The molecule has 0 aromatic carbocycles. The summed E-state index contributed by atoms with van der Waals surface area (Å²) < 4.78 is 0. The van der Waals surface area contributed by atoms with Crippen LogP contribution in [0.15, 0.2) is 0 Å². The molecule has 102 valence electrons. The van der Waals surface area contributed by atoms with E-state index in [1.165, 1.54) is 0 Å². The van der Waals surface area contributed by atoms with Crippen LogP contribution in [0.2, 0.25) is 0 Å². The number of carbonyl (C=O) groups is 3. The number of hydrogen-bond acceptors (Lipinski definition) is 4. The Morgan fingerprint density at radius 3 is 2.33 bits per heavy atom. The number of rotatable bonds is 5. The summed E-state index contributed by atoms with van der Waals surface area (Å²) in [5.74, 6) is -4.20. The highest BCUT2D eigenvalue weighted by Crippen LogP contribution is 2.24. The summed E-state index contributed by atoms with van der Waals surface area (Å²) in [4.78, 5) is 35.0. The second kappa shape index (κ2) is 6.34. The molecule has 1 fully saturated rings. The summed E-state index contributed by atoms with van der Waals surface area (Å²) in [5.41, 5.74) is 0. The zero-order chi connectivity index (χ0) is 13.7. The van der Waals surface area contributed by atoms with Crippen LogP contribution in [0.25, 0.3) is 0 Å². The molecule has 1 aliphatic heterocycles. The van der Waals surface area contributed by atoms with Crippen LogP contribution in [0.5, 0.6) is 0 Å². The third-order valence-corrected chi connectivity index (χ3v) is 3.07. The molecule has 0 radical (unpaired) electrons. The van der Waals surface area contributed by atoms with Crippen LogP contribution in [0, 0.1) is 11.8 Å². The lowest BCUT2D eigenvalue weighted by Crippen LogP contribution is -2.49. The Morgan fingerprint density at radius 1 is 1.22 bits per heavy atom. The van der Waals surface area contributed by atoms with Crippen molar-refractivity contribution in [3.8, 4) is 0 Å². The number of nitrogens with one attached hydrogen (secondary N) is 1. The number of piperidine rings is 1. The van der Waals surface area contributed by atoms with Gasteiger partial charge in [-0.3, -0.25) is 19.3 Å². The van der Waals surface area contributed by atoms with Crippen LogP contribution < -0.4 is 5.32 Å². The summed E-state index contributed by atoms with van der Waals surface area (Å²) in [6, 6.07) is 0. The monoisotopic (exact) mass is 258 g/mol. The predicted octanol–water partition coefficient (Wildman–Crippen LogP) is -0.770. The smallest absolute Gasteiger partial charge is 0.308 e. The first-order valence-corrected chi connectivity index (χ1v) is 5.90. The number of hydrogen-bond donors (Lipinski definition) is 3. The van der Waals surface area contributed by atoms with Gasteiger partial charge in [0, 0.05) is 13.1 Å². The first-order chi connectivity index (χ1) is 8.45. The molecule has 1 rings (SSSR count). The van der Waals surface area contributed by atoms with Crippen molar-refractivity contribution < 1.29 is 24.6 Å². The normalized spacial score (nSPS) is 24.5. The molecular formula is C11H18N2O5. The Morgan fingerprint density at radius 2 is 1.83 bits per heavy atom. The lowest BCUT2D eigenvalue weighted by Gasteiger charge is -2.33. The van der Waals surface area contributed by atoms with E-state index in [0.717, 1.165) is 0 Å². The number of carboxylic acids is 2. The number of likely N-dealkylation sites (tertiary alicyclic amines) is 1. The zero-order valence-electron chi connectivity index (χ0n) is 10.3. The number of nitrogens with zero attached hydrogens (tertiary/aromatic N) is 1. The van der Waals surface area contributed by atoms with E-state index < -0.39 is 23.8 Å². The van der Waals surface area contributed by atoms with Crippen molar-refractivity contribution in [3.05, 3.63) is 0 Å². The fourth-order valence-electron chi connectivity index (χ4n) is 2.17. The van der Waals surface area contributed by atoms with Gasteiger partial charge in [-0.1, -0.05) is 0 Å². The molecule has 0 aromatic heterocycles. The molecule has 3 N–H and O–H groups in total. The molecule has 18 heavy (non-hydrogen) atoms. The average Bonchev–Trinajstić information content (AvgIpc) is 2.28. The molecule has 0 aliphatic carbocycles. The molecule has 0 saturated carbocycles. The molecule has 2 unspecified atom stereocenters. The van der Waals surface area contributed by atoms with Crippen LogP contribution in [-0.4, -0.2) is 59.1 Å². The van der Waals surface area contributed by atoms with E-state index in [4.69, 9.17) is 10.2 Å². The fraction of sp³-hybridized carbons (Fsp3) is 0.727. The lowest BCUT2D eigenvalue weighted by molar-refractivity contribution is -0.157. The average molecular weight is 258 g/mol. The standard InChI is InChI=1S/C11H18N2O5/c1-2-12-9(14)6-13-4-3-7(10(15)16)8(5-13)11(17)18/h7-8H,2-6H2,1H3,(H,12,14)(H,15,16)(H,17,18). The van der Waals surface area contributed by atoms with Crippen LogP contribution in [0.1, 0.15) is 13.3 Å². The number of aliphatic carboxylic acids is 2. The van der Waals surface area contributed by atoms with Crippen LogP contribution in [-0.2, 0) is 14.4 Å². The highest BCUT2D eigenvalue weighted by Gasteiger charge is 2.38. The van der Waals surface area contributed by atoms with E-state index in [-0.39, 0.29) is 25.4 Å². The molecule has 1 heterocycles. The van der Waals surface area contributed by atoms with Crippen molar-refractivity contribution in [2.75, 3.05) is 26.2 Å². The summed E-state index contributed by atoms with van der Waals surface area (Å²) in [7, 11) is 0. The second-order valence-corrected chi connectivity index (χ2v) is 4.37. The molecule has 0 spiro atoms. The summed E-state index contributed by atoms with van der Waals surface area (Å²) in [5, 5.41) is 20.6. The molecule has 7 heteroatoms. The molecule has 1 aliphatic rings. The number of carbonyl (C=O) groups excluding carboxylic acids is 1. The van der Waals surface area contributed by atoms with E-state index >= 15 is 0 Å². The van der Waals surface area contributed by atoms with Gasteiger partial charge in [0.15, 0.2) is 0 Å². The third kappa shape index (κ3) is 3.69. The van der Waals surface area contributed by atoms with Crippen molar-refractivity contribution >= 4 is 17.8 Å². The van der Waals surface area contributed by atoms with Crippen LogP contribution in [0.3, 0.4) is 0 Å². The Labute approximate surface area is 105 Å². The van der Waals surface area contributed by atoms with Crippen molar-refractivity contribution in [3.63, 3.8) is 0 Å². The Kier molecular flexibility index (Phi) is 5.08. The van der Waals surface area contributed by atoms with Crippen LogP contribution >= 0.6 is 0 Å². The maximum atomic E-state index is 11.4. The van der Waals surface area contributed by atoms with Crippen molar-refractivity contribution in [2.24, 2.45) is 11.8 Å². The van der Waals surface area contributed by atoms with Gasteiger partial charge in [-0.05, 0) is 19.9 Å². The van der Waals surface area contributed by atoms with Crippen LogP contribution in [0.4, 0.5) is 0 Å². The molecule has 1 amide bonds. The second-order valence-electron chi connectivity index (χ2n) is 4.37. The van der Waals surface area contributed by atoms with Gasteiger partial charge >= 0.3 is 11.9 Å². The number of carboxylic acid groups (broad SMARTS) is 2. The SMILES string of the molecule is CCNC(=O)CN1CCC(C(=O)O)C(C(=O)O)C1. The van der Waals surface area contributed by atoms with Gasteiger partial charge in [-0.2, -0.15) is 0 Å². The first kappa shape index (κ1) is 14.4. The maximum Gasteiger partial charge on any atom is 0.308 e. The van der Waals surface area contributed by atoms with Gasteiger partial charge in [0.05, 0.1) is 18.4 Å². The fourth-order valence-corrected chi connectivity index (χ4v) is 2.17. The quantitative estimate of drug-likeness (QED) is 0.598. The van der Waals surface area contributed by atoms with E-state index in [2.05, 4.69) is 5.32 Å². The predicted molar refractivity (Wildman–Crippen MR) is 62.0 cm³/mol. The Balaban J connectivity index is 2.60. The zero-order valence-corrected chi connectivity index (χ0v) is 10.3. The van der Waals surface area contributed by atoms with Gasteiger partial charge in [-0.15, -0.1) is 0 Å². The molecule has 0 bridgehead atoms. The van der Waals surface area contributed by atoms with Crippen molar-refractivity contribution in [1.29, 1.82) is 0 Å². The largest absolute Gasteiger partial charge is 0.481 e. The molecule has 7 nitrogen and oxygen atoms in total. The number of amides is 1. The van der Waals surface area contributed by atoms with Crippen molar-refractivity contribution in [2.45, 2.75) is 13.3 Å². The molecular weight excluding hydrogens is 240 g/mol. The van der Waals surface area contributed by atoms with Gasteiger partial charge < -0.3 is 15.5 Å². The van der Waals surface area contributed by atoms with Gasteiger partial charge in [0.1, 0.15) is 0 Å². The third-order valence-electron chi connectivity index (χ3n) is 3.07. The topological polar surface area (TPSA) is 107 Å². The van der Waals surface area contributed by atoms with Gasteiger partial charge in [-0.25, -0.2) is 0 Å². The van der Waals surface area contributed by atoms with Gasteiger partial charge in [0.2, 0.25) is 5.91 Å². The van der Waals surface area contributed by atoms with E-state index in [1.807, 2.05) is 0 Å². The lowest BCUT2D eigenvalue weighted by atomic mass is 9.85. The molecule has 2 atom stereocenters. The van der Waals surface area contributed by atoms with E-state index in [0.29, 0.717) is 13.1 Å².